The second-order valence-corrected chi connectivity index (χ2v) is 7.89. The SMILES string of the molecule is CCOC(=O)/C=C/c1ccc(C(=O)C(C(=O)OC(C)(C)C)c2ccc([N+](=O)[O-])cc2)cc1. The molecule has 0 fully saturated rings. The third kappa shape index (κ3) is 6.87. The van der Waals surface area contributed by atoms with E-state index in [9.17, 15) is 24.5 Å². The molecule has 0 radical (unpaired) electrons. The van der Waals surface area contributed by atoms with Gasteiger partial charge in [0.1, 0.15) is 11.5 Å². The first-order valence-electron chi connectivity index (χ1n) is 9.98. The molecule has 1 atom stereocenters. The van der Waals surface area contributed by atoms with Crippen molar-refractivity contribution in [3.63, 3.8) is 0 Å². The van der Waals surface area contributed by atoms with E-state index >= 15 is 0 Å². The van der Waals surface area contributed by atoms with Gasteiger partial charge in [0, 0.05) is 23.8 Å². The Balaban J connectivity index is 2.34. The molecule has 2 rings (SSSR count). The minimum absolute atomic E-state index is 0.151. The third-order valence-electron chi connectivity index (χ3n) is 4.24. The summed E-state index contributed by atoms with van der Waals surface area (Å²) in [5, 5.41) is 10.9. The van der Waals surface area contributed by atoms with Gasteiger partial charge in [-0.15, -0.1) is 0 Å². The van der Waals surface area contributed by atoms with Crippen LogP contribution in [0.1, 0.15) is 55.1 Å². The Kier molecular flexibility index (Phi) is 8.01. The Morgan fingerprint density at radius 3 is 2.12 bits per heavy atom. The summed E-state index contributed by atoms with van der Waals surface area (Å²) in [7, 11) is 0. The van der Waals surface area contributed by atoms with Crippen molar-refractivity contribution in [2.24, 2.45) is 0 Å². The van der Waals surface area contributed by atoms with Gasteiger partial charge in [-0.05, 0) is 44.9 Å². The Morgan fingerprint density at radius 2 is 1.62 bits per heavy atom. The predicted octanol–water partition coefficient (Wildman–Crippen LogP) is 4.48. The maximum absolute atomic E-state index is 13.2. The summed E-state index contributed by atoms with van der Waals surface area (Å²) in [4.78, 5) is 47.9. The second-order valence-electron chi connectivity index (χ2n) is 7.89. The molecule has 0 aliphatic carbocycles. The van der Waals surface area contributed by atoms with Crippen LogP contribution in [0, 0.1) is 10.1 Å². The highest BCUT2D eigenvalue weighted by molar-refractivity contribution is 6.13. The van der Waals surface area contributed by atoms with Gasteiger partial charge in [-0.1, -0.05) is 36.4 Å². The average Bonchev–Trinajstić information content (AvgIpc) is 2.72. The topological polar surface area (TPSA) is 113 Å². The van der Waals surface area contributed by atoms with Gasteiger partial charge in [0.2, 0.25) is 0 Å². The van der Waals surface area contributed by atoms with Gasteiger partial charge in [-0.25, -0.2) is 4.79 Å². The van der Waals surface area contributed by atoms with Crippen LogP contribution in [-0.2, 0) is 19.1 Å². The molecule has 0 heterocycles. The lowest BCUT2D eigenvalue weighted by atomic mass is 9.90. The molecule has 1 unspecified atom stereocenters. The summed E-state index contributed by atoms with van der Waals surface area (Å²) in [5.41, 5.74) is 0.243. The normalized spacial score (nSPS) is 12.2. The fraction of sp³-hybridized carbons (Fsp3) is 0.292. The molecule has 0 N–H and O–H groups in total. The smallest absolute Gasteiger partial charge is 0.330 e. The number of non-ortho nitro benzene ring substituents is 1. The van der Waals surface area contributed by atoms with Gasteiger partial charge in [-0.3, -0.25) is 19.7 Å². The van der Waals surface area contributed by atoms with Crippen LogP contribution < -0.4 is 0 Å². The molecule has 0 bridgehead atoms. The minimum Gasteiger partial charge on any atom is -0.463 e. The van der Waals surface area contributed by atoms with E-state index in [4.69, 9.17) is 9.47 Å². The number of ketones is 1. The molecule has 8 heteroatoms. The van der Waals surface area contributed by atoms with Crippen LogP contribution in [0.25, 0.3) is 6.08 Å². The lowest BCUT2D eigenvalue weighted by molar-refractivity contribution is -0.384. The fourth-order valence-electron chi connectivity index (χ4n) is 2.82. The van der Waals surface area contributed by atoms with E-state index in [0.29, 0.717) is 11.1 Å². The molecular formula is C24H25NO7. The first kappa shape index (κ1) is 24.5. The maximum Gasteiger partial charge on any atom is 0.330 e. The Hall–Kier alpha value is -3.81. The van der Waals surface area contributed by atoms with Crippen molar-refractivity contribution in [2.45, 2.75) is 39.2 Å². The molecular weight excluding hydrogens is 414 g/mol. The number of nitro benzene ring substituents is 1. The molecule has 0 amide bonds. The number of carbonyl (C=O) groups is 3. The molecule has 0 aliphatic rings. The van der Waals surface area contributed by atoms with Crippen LogP contribution in [0.2, 0.25) is 0 Å². The Labute approximate surface area is 186 Å². The van der Waals surface area contributed by atoms with E-state index in [-0.39, 0.29) is 17.9 Å². The quantitative estimate of drug-likeness (QED) is 0.149. The zero-order valence-corrected chi connectivity index (χ0v) is 18.4. The molecule has 168 valence electrons. The van der Waals surface area contributed by atoms with E-state index in [1.165, 1.54) is 42.5 Å². The van der Waals surface area contributed by atoms with E-state index < -0.39 is 34.2 Å². The summed E-state index contributed by atoms with van der Waals surface area (Å²) in [6.45, 7) is 7.04. The largest absolute Gasteiger partial charge is 0.463 e. The van der Waals surface area contributed by atoms with Gasteiger partial charge in [-0.2, -0.15) is 0 Å². The first-order chi connectivity index (χ1) is 15.0. The van der Waals surface area contributed by atoms with E-state index in [1.54, 1.807) is 45.9 Å². The van der Waals surface area contributed by atoms with Crippen molar-refractivity contribution in [2.75, 3.05) is 6.61 Å². The van der Waals surface area contributed by atoms with Crippen LogP contribution in [0.5, 0.6) is 0 Å². The van der Waals surface area contributed by atoms with Gasteiger partial charge in [0.15, 0.2) is 5.78 Å². The number of carbonyl (C=O) groups excluding carboxylic acids is 3. The molecule has 0 spiro atoms. The number of esters is 2. The molecule has 0 aliphatic heterocycles. The molecule has 0 saturated heterocycles. The van der Waals surface area contributed by atoms with E-state index in [2.05, 4.69) is 0 Å². The summed E-state index contributed by atoms with van der Waals surface area (Å²) in [5.74, 6) is -3.01. The standard InChI is InChI=1S/C24H25NO7/c1-5-31-20(26)15-8-16-6-9-18(10-7-16)22(27)21(23(28)32-24(2,3)4)17-11-13-19(14-12-17)25(29)30/h6-15,21H,5H2,1-4H3/b15-8+. The zero-order chi connectivity index (χ0) is 23.9. The number of Topliss-reactive ketones (excluding diaryl/α,β-unsaturated/α-hetero) is 1. The molecule has 32 heavy (non-hydrogen) atoms. The van der Waals surface area contributed by atoms with Gasteiger partial charge >= 0.3 is 11.9 Å². The van der Waals surface area contributed by atoms with Crippen LogP contribution in [0.15, 0.2) is 54.6 Å². The summed E-state index contributed by atoms with van der Waals surface area (Å²) < 4.78 is 10.3. The first-order valence-corrected chi connectivity index (χ1v) is 9.98. The highest BCUT2D eigenvalue weighted by Crippen LogP contribution is 2.27. The minimum atomic E-state index is -1.28. The number of benzene rings is 2. The van der Waals surface area contributed by atoms with Crippen LogP contribution in [0.4, 0.5) is 5.69 Å². The molecule has 2 aromatic rings. The second kappa shape index (κ2) is 10.5. The van der Waals surface area contributed by atoms with Gasteiger partial charge < -0.3 is 9.47 Å². The summed E-state index contributed by atoms with van der Waals surface area (Å²) >= 11 is 0. The van der Waals surface area contributed by atoms with Crippen LogP contribution in [-0.4, -0.2) is 34.9 Å². The van der Waals surface area contributed by atoms with Gasteiger partial charge in [0.05, 0.1) is 11.5 Å². The number of hydrogen-bond donors (Lipinski definition) is 0. The molecule has 0 aromatic heterocycles. The highest BCUT2D eigenvalue weighted by atomic mass is 16.6. The summed E-state index contributed by atoms with van der Waals surface area (Å²) in [6, 6.07) is 11.6. The number of nitrogens with zero attached hydrogens (tertiary/aromatic N) is 1. The number of ether oxygens (including phenoxy) is 2. The zero-order valence-electron chi connectivity index (χ0n) is 18.4. The van der Waals surface area contributed by atoms with Crippen molar-refractivity contribution in [1.29, 1.82) is 0 Å². The highest BCUT2D eigenvalue weighted by Gasteiger charge is 2.33. The fourth-order valence-corrected chi connectivity index (χ4v) is 2.82. The molecule has 0 saturated carbocycles. The van der Waals surface area contributed by atoms with Gasteiger partial charge in [0.25, 0.3) is 5.69 Å². The molecule has 8 nitrogen and oxygen atoms in total. The van der Waals surface area contributed by atoms with Crippen molar-refractivity contribution in [3.8, 4) is 0 Å². The molecule has 2 aromatic carbocycles. The Bertz CT molecular complexity index is 1020. The van der Waals surface area contributed by atoms with Crippen molar-refractivity contribution in [1.82, 2.24) is 0 Å². The lowest BCUT2D eigenvalue weighted by Crippen LogP contribution is -2.31. The third-order valence-corrected chi connectivity index (χ3v) is 4.24. The van der Waals surface area contributed by atoms with Crippen molar-refractivity contribution in [3.05, 3.63) is 81.4 Å². The monoisotopic (exact) mass is 439 g/mol. The van der Waals surface area contributed by atoms with Crippen molar-refractivity contribution < 1.29 is 28.8 Å². The number of rotatable bonds is 8. The van der Waals surface area contributed by atoms with E-state index in [0.717, 1.165) is 0 Å². The van der Waals surface area contributed by atoms with Crippen molar-refractivity contribution >= 4 is 29.5 Å². The van der Waals surface area contributed by atoms with Crippen LogP contribution >= 0.6 is 0 Å². The van der Waals surface area contributed by atoms with E-state index in [1.807, 2.05) is 0 Å². The van der Waals surface area contributed by atoms with Crippen LogP contribution in [0.3, 0.4) is 0 Å². The predicted molar refractivity (Wildman–Crippen MR) is 118 cm³/mol. The number of nitro groups is 1. The average molecular weight is 439 g/mol. The lowest BCUT2D eigenvalue weighted by Gasteiger charge is -2.23. The number of hydrogen-bond acceptors (Lipinski definition) is 7. The maximum atomic E-state index is 13.2. The Morgan fingerprint density at radius 1 is 1.03 bits per heavy atom. The summed E-state index contributed by atoms with van der Waals surface area (Å²) in [6.07, 6.45) is 2.83.